The summed E-state index contributed by atoms with van der Waals surface area (Å²) in [6.45, 7) is 3.99. The molecule has 4 aromatic carbocycles. The lowest BCUT2D eigenvalue weighted by atomic mass is 10.0. The van der Waals surface area contributed by atoms with Crippen molar-refractivity contribution >= 4 is 62.0 Å². The first-order valence-corrected chi connectivity index (χ1v) is 12.7. The van der Waals surface area contributed by atoms with Crippen LogP contribution in [-0.4, -0.2) is 29.6 Å². The maximum Gasteiger partial charge on any atom is 0.343 e. The van der Waals surface area contributed by atoms with E-state index in [4.69, 9.17) is 4.74 Å². The van der Waals surface area contributed by atoms with Crippen molar-refractivity contribution < 1.29 is 24.2 Å². The summed E-state index contributed by atoms with van der Waals surface area (Å²) < 4.78 is 5.84. The number of barbiturate groups is 1. The molecule has 1 heterocycles. The minimum atomic E-state index is -0.765. The van der Waals surface area contributed by atoms with E-state index in [1.54, 1.807) is 49.4 Å². The van der Waals surface area contributed by atoms with E-state index in [1.807, 2.05) is 37.3 Å². The van der Waals surface area contributed by atoms with Crippen molar-refractivity contribution in [2.24, 2.45) is 0 Å². The second kappa shape index (κ2) is 10.1. The number of carbonyl (C=O) groups excluding carboxylic acids is 3. The average molecular weight is 571 g/mol. The van der Waals surface area contributed by atoms with Crippen LogP contribution in [0, 0.1) is 6.92 Å². The van der Waals surface area contributed by atoms with Gasteiger partial charge >= 0.3 is 6.03 Å². The molecule has 1 saturated heterocycles. The number of phenolic OH excluding ortho intramolecular Hbond substituents is 1. The summed E-state index contributed by atoms with van der Waals surface area (Å²) in [7, 11) is 0. The van der Waals surface area contributed by atoms with E-state index in [0.29, 0.717) is 33.4 Å². The van der Waals surface area contributed by atoms with Crippen molar-refractivity contribution in [3.63, 3.8) is 0 Å². The van der Waals surface area contributed by atoms with Crippen LogP contribution in [0.5, 0.6) is 11.5 Å². The second-order valence-corrected chi connectivity index (χ2v) is 9.59. The van der Waals surface area contributed by atoms with Gasteiger partial charge in [-0.05, 0) is 77.1 Å². The number of anilines is 2. The van der Waals surface area contributed by atoms with Gasteiger partial charge in [0.25, 0.3) is 11.8 Å². The Balaban J connectivity index is 1.71. The fourth-order valence-corrected chi connectivity index (χ4v) is 4.84. The van der Waals surface area contributed by atoms with E-state index in [9.17, 15) is 19.5 Å². The van der Waals surface area contributed by atoms with Gasteiger partial charge in [-0.1, -0.05) is 54.1 Å². The first kappa shape index (κ1) is 25.2. The molecule has 1 aliphatic rings. The number of urea groups is 1. The van der Waals surface area contributed by atoms with Crippen molar-refractivity contribution in [3.05, 3.63) is 100 Å². The maximum absolute atomic E-state index is 13.9. The number of fused-ring (bicyclic) bond motifs is 1. The van der Waals surface area contributed by atoms with Crippen molar-refractivity contribution in [2.75, 3.05) is 16.4 Å². The number of aryl methyl sites for hydroxylation is 1. The number of benzene rings is 4. The number of halogens is 1. The first-order valence-electron chi connectivity index (χ1n) is 11.9. The highest BCUT2D eigenvalue weighted by Gasteiger charge is 2.44. The molecule has 0 atom stereocenters. The molecular weight excluding hydrogens is 548 g/mol. The normalized spacial score (nSPS) is 15.0. The van der Waals surface area contributed by atoms with Gasteiger partial charge < -0.3 is 9.84 Å². The molecule has 1 aliphatic heterocycles. The highest BCUT2D eigenvalue weighted by molar-refractivity contribution is 9.10. The average Bonchev–Trinajstić information content (AvgIpc) is 2.91. The molecule has 0 spiro atoms. The Bertz CT molecular complexity index is 1620. The fourth-order valence-electron chi connectivity index (χ4n) is 4.38. The Morgan fingerprint density at radius 3 is 2.32 bits per heavy atom. The van der Waals surface area contributed by atoms with E-state index in [-0.39, 0.29) is 17.1 Å². The third kappa shape index (κ3) is 4.43. The van der Waals surface area contributed by atoms with Crippen LogP contribution in [0.4, 0.5) is 16.2 Å². The van der Waals surface area contributed by atoms with Crippen LogP contribution in [0.25, 0.3) is 16.8 Å². The van der Waals surface area contributed by atoms with Crippen LogP contribution in [-0.2, 0) is 9.59 Å². The number of nitrogens with zero attached hydrogens (tertiary/aromatic N) is 2. The molecule has 0 aromatic heterocycles. The van der Waals surface area contributed by atoms with Gasteiger partial charge in [0, 0.05) is 5.39 Å². The van der Waals surface area contributed by atoms with E-state index in [1.165, 1.54) is 12.1 Å². The minimum absolute atomic E-state index is 0.0934. The molecule has 0 aliphatic carbocycles. The van der Waals surface area contributed by atoms with E-state index >= 15 is 0 Å². The third-order valence-corrected chi connectivity index (χ3v) is 6.82. The monoisotopic (exact) mass is 570 g/mol. The summed E-state index contributed by atoms with van der Waals surface area (Å²) in [5.74, 6) is -1.39. The van der Waals surface area contributed by atoms with E-state index in [0.717, 1.165) is 20.7 Å². The van der Waals surface area contributed by atoms with Crippen LogP contribution in [0.3, 0.4) is 0 Å². The summed E-state index contributed by atoms with van der Waals surface area (Å²) in [6.07, 6.45) is 1.41. The van der Waals surface area contributed by atoms with Gasteiger partial charge in [0.15, 0.2) is 11.5 Å². The number of aromatic hydroxyl groups is 1. The van der Waals surface area contributed by atoms with Crippen molar-refractivity contribution in [1.82, 2.24) is 0 Å². The number of rotatable bonds is 5. The zero-order valence-electron chi connectivity index (χ0n) is 20.6. The van der Waals surface area contributed by atoms with Gasteiger partial charge in [-0.2, -0.15) is 0 Å². The van der Waals surface area contributed by atoms with Gasteiger partial charge in [0.05, 0.1) is 22.5 Å². The molecule has 0 unspecified atom stereocenters. The summed E-state index contributed by atoms with van der Waals surface area (Å²) in [4.78, 5) is 43.5. The fraction of sp³-hybridized carbons (Fsp3) is 0.100. The van der Waals surface area contributed by atoms with Crippen molar-refractivity contribution in [2.45, 2.75) is 13.8 Å². The zero-order chi connectivity index (χ0) is 27.0. The van der Waals surface area contributed by atoms with Crippen LogP contribution < -0.4 is 14.5 Å². The molecule has 0 bridgehead atoms. The van der Waals surface area contributed by atoms with Gasteiger partial charge in [-0.25, -0.2) is 14.6 Å². The molecule has 190 valence electrons. The SMILES string of the molecule is CCOc1cc(/C=C2\C(=O)N(c3ccc(C)cc3)C(=O)N(c3cccc4ccccc34)C2=O)cc(Br)c1O. The number of imide groups is 2. The smallest absolute Gasteiger partial charge is 0.343 e. The number of phenols is 1. The molecule has 7 nitrogen and oxygen atoms in total. The lowest BCUT2D eigenvalue weighted by Gasteiger charge is -2.34. The highest BCUT2D eigenvalue weighted by atomic mass is 79.9. The van der Waals surface area contributed by atoms with E-state index in [2.05, 4.69) is 15.9 Å². The van der Waals surface area contributed by atoms with Crippen molar-refractivity contribution in [1.29, 1.82) is 0 Å². The molecule has 1 fully saturated rings. The molecule has 4 aromatic rings. The van der Waals surface area contributed by atoms with Crippen LogP contribution >= 0.6 is 15.9 Å². The first-order chi connectivity index (χ1) is 18.3. The van der Waals surface area contributed by atoms with Crippen LogP contribution in [0.2, 0.25) is 0 Å². The molecular formula is C30H23BrN2O5. The number of hydrogen-bond acceptors (Lipinski definition) is 5. The number of carbonyl (C=O) groups is 3. The zero-order valence-corrected chi connectivity index (χ0v) is 22.2. The quantitative estimate of drug-likeness (QED) is 0.216. The van der Waals surface area contributed by atoms with E-state index < -0.39 is 17.8 Å². The lowest BCUT2D eigenvalue weighted by Crippen LogP contribution is -2.57. The standard InChI is InChI=1S/C30H23BrN2O5/c1-3-38-26-17-19(16-24(31)27(26)34)15-23-28(35)32(21-13-11-18(2)12-14-21)30(37)33(29(23)36)25-10-6-8-20-7-4-5-9-22(20)25/h4-17,34H,3H2,1-2H3/b23-15+. The minimum Gasteiger partial charge on any atom is -0.503 e. The summed E-state index contributed by atoms with van der Waals surface area (Å²) in [5, 5.41) is 11.9. The van der Waals surface area contributed by atoms with Crippen LogP contribution in [0.15, 0.2) is 88.9 Å². The topological polar surface area (TPSA) is 87.2 Å². The maximum atomic E-state index is 13.9. The van der Waals surface area contributed by atoms with Crippen molar-refractivity contribution in [3.8, 4) is 11.5 Å². The number of hydrogen-bond donors (Lipinski definition) is 1. The lowest BCUT2D eigenvalue weighted by molar-refractivity contribution is -0.121. The molecule has 8 heteroatoms. The Morgan fingerprint density at radius 1 is 0.895 bits per heavy atom. The predicted octanol–water partition coefficient (Wildman–Crippen LogP) is 6.60. The highest BCUT2D eigenvalue weighted by Crippen LogP contribution is 2.38. The molecule has 0 saturated carbocycles. The Morgan fingerprint density at radius 2 is 1.58 bits per heavy atom. The van der Waals surface area contributed by atoms with Gasteiger partial charge in [0.2, 0.25) is 0 Å². The Labute approximate surface area is 227 Å². The number of ether oxygens (including phenoxy) is 1. The molecule has 4 amide bonds. The Hall–Kier alpha value is -4.43. The molecule has 5 rings (SSSR count). The number of amides is 4. The molecule has 38 heavy (non-hydrogen) atoms. The third-order valence-electron chi connectivity index (χ3n) is 6.21. The van der Waals surface area contributed by atoms with Gasteiger partial charge in [0.1, 0.15) is 5.57 Å². The summed E-state index contributed by atoms with van der Waals surface area (Å²) in [5.41, 5.74) is 1.90. The summed E-state index contributed by atoms with van der Waals surface area (Å²) >= 11 is 3.30. The van der Waals surface area contributed by atoms with Crippen LogP contribution in [0.1, 0.15) is 18.1 Å². The van der Waals surface area contributed by atoms with Gasteiger partial charge in [-0.3, -0.25) is 9.59 Å². The molecule has 0 radical (unpaired) electrons. The largest absolute Gasteiger partial charge is 0.503 e. The predicted molar refractivity (Wildman–Crippen MR) is 150 cm³/mol. The summed E-state index contributed by atoms with van der Waals surface area (Å²) in [6, 6.07) is 22.0. The Kier molecular flexibility index (Phi) is 6.73. The molecule has 1 N–H and O–H groups in total. The second-order valence-electron chi connectivity index (χ2n) is 8.74. The van der Waals surface area contributed by atoms with Gasteiger partial charge in [-0.15, -0.1) is 0 Å².